The second-order valence-electron chi connectivity index (χ2n) is 18.7. The Kier molecular flexibility index (Phi) is 10.1. The van der Waals surface area contributed by atoms with Crippen molar-refractivity contribution in [1.82, 2.24) is 39.2 Å². The van der Waals surface area contributed by atoms with E-state index in [0.29, 0.717) is 77.1 Å². The monoisotopic (exact) mass is 899 g/mol. The molecule has 0 radical (unpaired) electrons. The second-order valence-corrected chi connectivity index (χ2v) is 18.7. The van der Waals surface area contributed by atoms with Crippen LogP contribution in [-0.2, 0) is 23.7 Å². The summed E-state index contributed by atoms with van der Waals surface area (Å²) < 4.78 is 41.1. The molecule has 2 amide bonds. The van der Waals surface area contributed by atoms with Crippen LogP contribution >= 0.6 is 0 Å². The number of para-hydroxylation sites is 1. The SMILES string of the molecule is CC1CN(c2cccc3c(C4CCC(=O)NC4=O)nn(C)c23)CCN1CC1CCN(c2cc(Nc3ccc4c(c3)c3c(c(=O)n4C)OCC(F)(F)C(C4CC4)N3)n3ncc(C#N)c3n2)CC1. The van der Waals surface area contributed by atoms with Crippen LogP contribution in [0.15, 0.2) is 53.5 Å². The number of anilines is 5. The van der Waals surface area contributed by atoms with Crippen LogP contribution in [0.3, 0.4) is 0 Å². The zero-order valence-electron chi connectivity index (χ0n) is 37.1. The van der Waals surface area contributed by atoms with E-state index in [-0.39, 0.29) is 29.2 Å². The number of benzene rings is 2. The summed E-state index contributed by atoms with van der Waals surface area (Å²) in [6.07, 6.45) is 5.57. The van der Waals surface area contributed by atoms with Gasteiger partial charge in [0.05, 0.1) is 46.3 Å². The first kappa shape index (κ1) is 41.9. The third-order valence-corrected chi connectivity index (χ3v) is 14.4. The average Bonchev–Trinajstić information content (AvgIpc) is 4.00. The number of hydrogen-bond donors (Lipinski definition) is 3. The van der Waals surface area contributed by atoms with Gasteiger partial charge in [-0.2, -0.15) is 20.0 Å². The lowest BCUT2D eigenvalue weighted by atomic mass is 9.92. The molecule has 19 heteroatoms. The van der Waals surface area contributed by atoms with Crippen molar-refractivity contribution in [1.29, 1.82) is 5.26 Å². The molecule has 1 aliphatic carbocycles. The number of aromatic nitrogens is 6. The molecule has 3 atom stereocenters. The predicted molar refractivity (Wildman–Crippen MR) is 245 cm³/mol. The first-order chi connectivity index (χ1) is 31.8. The number of rotatable bonds is 8. The molecule has 11 rings (SSSR count). The number of carbonyl (C=O) groups excluding carboxylic acids is 2. The number of hydrogen-bond acceptors (Lipinski definition) is 13. The highest BCUT2D eigenvalue weighted by Gasteiger charge is 2.51. The Labute approximate surface area is 378 Å². The van der Waals surface area contributed by atoms with E-state index in [2.05, 4.69) is 54.8 Å². The number of aryl methyl sites for hydroxylation is 2. The number of alkyl halides is 2. The molecule has 6 aromatic rings. The highest BCUT2D eigenvalue weighted by atomic mass is 19.3. The van der Waals surface area contributed by atoms with Crippen LogP contribution in [0.25, 0.3) is 27.5 Å². The fourth-order valence-corrected chi connectivity index (χ4v) is 10.7. The number of piperidine rings is 2. The molecule has 8 heterocycles. The Morgan fingerprint density at radius 1 is 0.985 bits per heavy atom. The van der Waals surface area contributed by atoms with Crippen LogP contribution < -0.4 is 36.0 Å². The minimum absolute atomic E-state index is 0.119. The fourth-order valence-electron chi connectivity index (χ4n) is 10.7. The molecule has 0 bridgehead atoms. The molecule has 3 N–H and O–H groups in total. The van der Waals surface area contributed by atoms with Gasteiger partial charge in [-0.25, -0.2) is 13.8 Å². The van der Waals surface area contributed by atoms with Gasteiger partial charge in [-0.05, 0) is 75.1 Å². The van der Waals surface area contributed by atoms with Gasteiger partial charge in [-0.3, -0.25) is 29.3 Å². The lowest BCUT2D eigenvalue weighted by Crippen LogP contribution is -2.54. The zero-order valence-corrected chi connectivity index (χ0v) is 37.1. The van der Waals surface area contributed by atoms with Crippen LogP contribution in [0.5, 0.6) is 5.75 Å². The van der Waals surface area contributed by atoms with Gasteiger partial charge in [-0.1, -0.05) is 12.1 Å². The molecule has 4 aliphatic heterocycles. The fraction of sp³-hybridized carbons (Fsp3) is 0.468. The molecule has 4 aromatic heterocycles. The van der Waals surface area contributed by atoms with Gasteiger partial charge >= 0.3 is 5.92 Å². The van der Waals surface area contributed by atoms with Crippen LogP contribution in [0.4, 0.5) is 37.5 Å². The lowest BCUT2D eigenvalue weighted by Gasteiger charge is -2.43. The Morgan fingerprint density at radius 2 is 1.80 bits per heavy atom. The van der Waals surface area contributed by atoms with E-state index in [0.717, 1.165) is 74.4 Å². The summed E-state index contributed by atoms with van der Waals surface area (Å²) in [5, 5.41) is 29.8. The number of imide groups is 1. The third-order valence-electron chi connectivity index (χ3n) is 14.4. The Morgan fingerprint density at radius 3 is 2.56 bits per heavy atom. The smallest absolute Gasteiger partial charge is 0.301 e. The number of piperazine rings is 1. The van der Waals surface area contributed by atoms with E-state index < -0.39 is 30.0 Å². The highest BCUT2D eigenvalue weighted by Crippen LogP contribution is 2.46. The van der Waals surface area contributed by atoms with Gasteiger partial charge in [-0.15, -0.1) is 0 Å². The third kappa shape index (κ3) is 7.22. The van der Waals surface area contributed by atoms with Crippen LogP contribution in [0.1, 0.15) is 62.6 Å². The van der Waals surface area contributed by atoms with Crippen molar-refractivity contribution in [2.24, 2.45) is 25.9 Å². The number of nitrogens with zero attached hydrogens (tertiary/aromatic N) is 10. The quantitative estimate of drug-likeness (QED) is 0.169. The molecule has 0 spiro atoms. The average molecular weight is 900 g/mol. The number of pyridine rings is 1. The van der Waals surface area contributed by atoms with E-state index in [1.165, 1.54) is 10.8 Å². The van der Waals surface area contributed by atoms with Gasteiger partial charge in [0.25, 0.3) is 5.56 Å². The first-order valence-electron chi connectivity index (χ1n) is 22.9. The number of halogens is 2. The minimum Gasteiger partial charge on any atom is -0.480 e. The molecule has 3 unspecified atom stereocenters. The van der Waals surface area contributed by atoms with Crippen LogP contribution in [0.2, 0.25) is 0 Å². The topological polar surface area (TPSA) is 183 Å². The van der Waals surface area contributed by atoms with Gasteiger partial charge < -0.3 is 29.7 Å². The van der Waals surface area contributed by atoms with Gasteiger partial charge in [0.15, 0.2) is 12.3 Å². The number of nitrogens with one attached hydrogen (secondary N) is 3. The number of ether oxygens (including phenoxy) is 1. The Hall–Kier alpha value is -6.81. The predicted octanol–water partition coefficient (Wildman–Crippen LogP) is 5.25. The van der Waals surface area contributed by atoms with Crippen LogP contribution in [0, 0.1) is 23.2 Å². The van der Waals surface area contributed by atoms with Gasteiger partial charge in [0.1, 0.15) is 23.3 Å². The van der Waals surface area contributed by atoms with Crippen molar-refractivity contribution in [2.75, 3.05) is 66.3 Å². The van der Waals surface area contributed by atoms with Gasteiger partial charge in [0, 0.05) is 88.4 Å². The molecule has 5 aliphatic rings. The summed E-state index contributed by atoms with van der Waals surface area (Å²) in [4.78, 5) is 50.2. The maximum atomic E-state index is 15.3. The van der Waals surface area contributed by atoms with Crippen molar-refractivity contribution >= 4 is 68.0 Å². The van der Waals surface area contributed by atoms with E-state index >= 15 is 8.78 Å². The number of carbonyl (C=O) groups is 2. The summed E-state index contributed by atoms with van der Waals surface area (Å²) in [6.45, 7) is 6.57. The molecule has 342 valence electrons. The van der Waals surface area contributed by atoms with Crippen molar-refractivity contribution < 1.29 is 23.1 Å². The molecule has 66 heavy (non-hydrogen) atoms. The van der Waals surface area contributed by atoms with E-state index in [1.54, 1.807) is 17.6 Å². The van der Waals surface area contributed by atoms with Crippen molar-refractivity contribution in [2.45, 2.75) is 69.4 Å². The highest BCUT2D eigenvalue weighted by molar-refractivity contribution is 6.04. The van der Waals surface area contributed by atoms with Crippen molar-refractivity contribution in [3.63, 3.8) is 0 Å². The maximum absolute atomic E-state index is 15.3. The number of fused-ring (bicyclic) bond motifs is 5. The summed E-state index contributed by atoms with van der Waals surface area (Å²) in [5.74, 6) is -2.68. The molecule has 4 fully saturated rings. The molecule has 2 aromatic carbocycles. The Balaban J connectivity index is 0.788. The van der Waals surface area contributed by atoms with Crippen molar-refractivity contribution in [3.05, 3.63) is 70.3 Å². The molecular formula is C47H51F2N13O4. The van der Waals surface area contributed by atoms with Gasteiger partial charge in [0.2, 0.25) is 17.6 Å². The van der Waals surface area contributed by atoms with E-state index in [4.69, 9.17) is 14.8 Å². The molecule has 3 saturated heterocycles. The zero-order chi connectivity index (χ0) is 45.6. The number of nitriles is 1. The standard InChI is InChI=1S/C47H51F2N13O4/c1-26-23-61(35-6-4-5-31-39(56-58(3)41(31)35)32-10-12-38(63)54-45(32)64)18-17-60(26)24-27-13-15-59(16-14-27)36-20-37(62-44(53-36)29(21-50)22-51-62)52-30-9-11-34-33(19-30)40-42(46(65)57(34)2)66-25-47(48,49)43(55-40)28-7-8-28/h4-6,9,11,19-20,22,26-28,32,43,52,55H,7-8,10,12-18,23-25H2,1-3H3,(H,54,63,64). The normalized spacial score (nSPS) is 22.8. The summed E-state index contributed by atoms with van der Waals surface area (Å²) in [5.41, 5.74) is 4.54. The lowest BCUT2D eigenvalue weighted by molar-refractivity contribution is -0.134. The number of amides is 2. The van der Waals surface area contributed by atoms with Crippen molar-refractivity contribution in [3.8, 4) is 11.8 Å². The first-order valence-corrected chi connectivity index (χ1v) is 22.9. The van der Waals surface area contributed by atoms with E-state index in [9.17, 15) is 19.6 Å². The Bertz CT molecular complexity index is 3050. The van der Waals surface area contributed by atoms with E-state index in [1.807, 2.05) is 42.1 Å². The van der Waals surface area contributed by atoms with Crippen LogP contribution in [-0.4, -0.2) is 110 Å². The second kappa shape index (κ2) is 16.0. The summed E-state index contributed by atoms with van der Waals surface area (Å²) in [7, 11) is 3.53. The molecule has 17 nitrogen and oxygen atoms in total. The maximum Gasteiger partial charge on any atom is 0.301 e. The summed E-state index contributed by atoms with van der Waals surface area (Å²) in [6, 6.07) is 14.9. The largest absolute Gasteiger partial charge is 0.480 e. The molecule has 1 saturated carbocycles. The summed E-state index contributed by atoms with van der Waals surface area (Å²) >= 11 is 0. The minimum atomic E-state index is -3.15. The molecular weight excluding hydrogens is 849 g/mol.